The number of nitrogens with zero attached hydrogens (tertiary/aromatic N) is 3. The Morgan fingerprint density at radius 2 is 0.750 bits per heavy atom. The summed E-state index contributed by atoms with van der Waals surface area (Å²) in [6, 6.07) is 11.0. The van der Waals surface area contributed by atoms with Crippen LogP contribution in [0, 0.1) is 0 Å². The molecule has 2 aromatic carbocycles. The zero-order valence-electron chi connectivity index (χ0n) is 45.4. The van der Waals surface area contributed by atoms with E-state index in [2.05, 4.69) is 20.8 Å². The van der Waals surface area contributed by atoms with E-state index in [0.717, 1.165) is 44.5 Å². The van der Waals surface area contributed by atoms with Crippen LogP contribution in [0.3, 0.4) is 0 Å². The molecule has 0 bridgehead atoms. The van der Waals surface area contributed by atoms with Crippen molar-refractivity contribution in [2.45, 2.75) is 252 Å². The van der Waals surface area contributed by atoms with Crippen molar-refractivity contribution in [3.63, 3.8) is 0 Å². The Morgan fingerprint density at radius 1 is 0.426 bits per heavy atom. The van der Waals surface area contributed by atoms with Crippen molar-refractivity contribution in [3.8, 4) is 23.0 Å². The minimum atomic E-state index is -0.468. The topological polar surface area (TPSA) is 72.8 Å². The van der Waals surface area contributed by atoms with Crippen molar-refractivity contribution < 1.29 is 23.7 Å². The average molecular weight is 949 g/mol. The molecule has 0 spiro atoms. The maximum atomic E-state index is 14.0. The summed E-state index contributed by atoms with van der Waals surface area (Å²) in [7, 11) is 7.85. The van der Waals surface area contributed by atoms with Crippen LogP contribution in [0.4, 0.5) is 5.69 Å². The standard InChI is InChI=1S/C60H105N3O5/c1-8-11-14-17-20-23-26-29-32-35-38-41-47-65-56-50-53(59(64)68-55-46-44-45-54(52-55)61-60(62(4)5)63(6)7)51-57(66-48-42-39-36-33-30-27-24-21-18-15-12-9-2)58(56)67-49-43-40-37-34-31-28-25-22-19-16-13-10-3/h44-46,50-52H,8-43,47-49H2,1-7H3. The summed E-state index contributed by atoms with van der Waals surface area (Å²) in [5.74, 6) is 2.48. The molecule has 0 fully saturated rings. The number of hydrogen-bond donors (Lipinski definition) is 0. The monoisotopic (exact) mass is 948 g/mol. The zero-order valence-corrected chi connectivity index (χ0v) is 45.4. The lowest BCUT2D eigenvalue weighted by atomic mass is 10.1. The Labute approximate surface area is 419 Å². The van der Waals surface area contributed by atoms with E-state index in [1.165, 1.54) is 193 Å². The smallest absolute Gasteiger partial charge is 0.343 e. The van der Waals surface area contributed by atoms with Gasteiger partial charge in [-0.15, -0.1) is 0 Å². The van der Waals surface area contributed by atoms with E-state index in [9.17, 15) is 4.79 Å². The number of guanidine groups is 1. The SMILES string of the molecule is CCCCCCCCCCCCCCOc1cc(C(=O)Oc2cccc(N=C(N(C)C)N(C)C)c2)cc(OCCCCCCCCCCCCCC)c1OCCCCCCCCCCCCCC. The van der Waals surface area contributed by atoms with Gasteiger partial charge in [-0.1, -0.05) is 239 Å². The second-order valence-corrected chi connectivity index (χ2v) is 20.1. The summed E-state index contributed by atoms with van der Waals surface area (Å²) in [6.07, 6.45) is 46.4. The molecule has 2 rings (SSSR count). The van der Waals surface area contributed by atoms with Crippen molar-refractivity contribution in [2.75, 3.05) is 48.0 Å². The van der Waals surface area contributed by atoms with Crippen LogP contribution in [0.2, 0.25) is 0 Å². The van der Waals surface area contributed by atoms with Crippen LogP contribution in [0.5, 0.6) is 23.0 Å². The van der Waals surface area contributed by atoms with E-state index >= 15 is 0 Å². The summed E-state index contributed by atoms with van der Waals surface area (Å²) >= 11 is 0. The molecule has 0 aliphatic heterocycles. The van der Waals surface area contributed by atoms with Gasteiger partial charge >= 0.3 is 5.97 Å². The Hall–Kier alpha value is -3.42. The molecule has 8 nitrogen and oxygen atoms in total. The molecule has 0 aromatic heterocycles. The number of aliphatic imine (C=N–C) groups is 1. The molecule has 68 heavy (non-hydrogen) atoms. The third-order valence-electron chi connectivity index (χ3n) is 13.1. The van der Waals surface area contributed by atoms with Crippen LogP contribution in [0.15, 0.2) is 41.4 Å². The molecule has 8 heteroatoms. The van der Waals surface area contributed by atoms with Gasteiger partial charge in [-0.25, -0.2) is 9.79 Å². The van der Waals surface area contributed by atoms with E-state index in [0.29, 0.717) is 54.1 Å². The quantitative estimate of drug-likeness (QED) is 0.0215. The van der Waals surface area contributed by atoms with Gasteiger partial charge in [0.2, 0.25) is 11.7 Å². The fraction of sp³-hybridized carbons (Fsp3) is 0.767. The van der Waals surface area contributed by atoms with E-state index in [-0.39, 0.29) is 0 Å². The number of ether oxygens (including phenoxy) is 4. The molecule has 0 N–H and O–H groups in total. The molecule has 0 unspecified atom stereocenters. The predicted molar refractivity (Wildman–Crippen MR) is 292 cm³/mol. The van der Waals surface area contributed by atoms with Gasteiger partial charge in [-0.2, -0.15) is 0 Å². The molecule has 0 radical (unpaired) electrons. The summed E-state index contributed by atoms with van der Waals surface area (Å²) in [5, 5.41) is 0. The maximum Gasteiger partial charge on any atom is 0.343 e. The average Bonchev–Trinajstić information content (AvgIpc) is 3.32. The lowest BCUT2D eigenvalue weighted by Crippen LogP contribution is -2.35. The molecular formula is C60H105N3O5. The highest BCUT2D eigenvalue weighted by atomic mass is 16.5. The minimum absolute atomic E-state index is 0.383. The first kappa shape index (κ1) is 60.7. The fourth-order valence-electron chi connectivity index (χ4n) is 8.92. The van der Waals surface area contributed by atoms with Crippen molar-refractivity contribution in [2.24, 2.45) is 4.99 Å². The number of carbonyl (C=O) groups excluding carboxylic acids is 1. The van der Waals surface area contributed by atoms with Gasteiger partial charge in [-0.05, 0) is 43.5 Å². The molecular weight excluding hydrogens is 843 g/mol. The van der Waals surface area contributed by atoms with Crippen molar-refractivity contribution in [3.05, 3.63) is 42.0 Å². The number of rotatable bonds is 45. The molecule has 0 aliphatic carbocycles. The first-order chi connectivity index (χ1) is 33.3. The van der Waals surface area contributed by atoms with Crippen LogP contribution in [-0.4, -0.2) is 69.7 Å². The van der Waals surface area contributed by atoms with Crippen LogP contribution in [0.1, 0.15) is 262 Å². The number of unbranched alkanes of at least 4 members (excludes halogenated alkanes) is 33. The third kappa shape index (κ3) is 30.9. The van der Waals surface area contributed by atoms with Crippen molar-refractivity contribution in [1.82, 2.24) is 9.80 Å². The van der Waals surface area contributed by atoms with Crippen LogP contribution < -0.4 is 18.9 Å². The van der Waals surface area contributed by atoms with E-state index in [1.807, 2.05) is 50.1 Å². The molecule has 0 saturated carbocycles. The Balaban J connectivity index is 2.16. The molecule has 0 amide bonds. The summed E-state index contributed by atoms with van der Waals surface area (Å²) in [6.45, 7) is 8.55. The molecule has 390 valence electrons. The van der Waals surface area contributed by atoms with Crippen LogP contribution >= 0.6 is 0 Å². The second kappa shape index (κ2) is 42.5. The normalized spacial score (nSPS) is 11.2. The molecule has 0 atom stereocenters. The Morgan fingerprint density at radius 3 is 1.09 bits per heavy atom. The van der Waals surface area contributed by atoms with E-state index in [4.69, 9.17) is 23.9 Å². The minimum Gasteiger partial charge on any atom is -0.490 e. The van der Waals surface area contributed by atoms with E-state index in [1.54, 1.807) is 24.3 Å². The van der Waals surface area contributed by atoms with Gasteiger partial charge in [0.1, 0.15) is 5.75 Å². The highest BCUT2D eigenvalue weighted by molar-refractivity contribution is 5.93. The van der Waals surface area contributed by atoms with Crippen LogP contribution in [0.25, 0.3) is 0 Å². The van der Waals surface area contributed by atoms with Gasteiger partial charge in [0.05, 0.1) is 31.1 Å². The Kier molecular flexibility index (Phi) is 37.9. The van der Waals surface area contributed by atoms with Gasteiger partial charge in [0.25, 0.3) is 0 Å². The fourth-order valence-corrected chi connectivity index (χ4v) is 8.92. The summed E-state index contributed by atoms with van der Waals surface area (Å²) in [4.78, 5) is 22.7. The molecule has 2 aromatic rings. The first-order valence-electron chi connectivity index (χ1n) is 28.6. The molecule has 0 saturated heterocycles. The third-order valence-corrected chi connectivity index (χ3v) is 13.1. The van der Waals surface area contributed by atoms with Crippen molar-refractivity contribution >= 4 is 17.6 Å². The highest BCUT2D eigenvalue weighted by Crippen LogP contribution is 2.40. The first-order valence-corrected chi connectivity index (χ1v) is 28.6. The van der Waals surface area contributed by atoms with Crippen LogP contribution in [-0.2, 0) is 0 Å². The predicted octanol–water partition coefficient (Wildman–Crippen LogP) is 18.3. The summed E-state index contributed by atoms with van der Waals surface area (Å²) < 4.78 is 25.8. The van der Waals surface area contributed by atoms with Gasteiger partial charge in [-0.3, -0.25) is 0 Å². The Bertz CT molecular complexity index is 1470. The van der Waals surface area contributed by atoms with E-state index < -0.39 is 5.97 Å². The number of carbonyl (C=O) groups is 1. The highest BCUT2D eigenvalue weighted by Gasteiger charge is 2.21. The lowest BCUT2D eigenvalue weighted by Gasteiger charge is -2.22. The molecule has 0 aliphatic rings. The lowest BCUT2D eigenvalue weighted by molar-refractivity contribution is 0.0733. The number of benzene rings is 2. The van der Waals surface area contributed by atoms with Gasteiger partial charge < -0.3 is 28.7 Å². The largest absolute Gasteiger partial charge is 0.490 e. The number of hydrogen-bond acceptors (Lipinski definition) is 6. The summed E-state index contributed by atoms with van der Waals surface area (Å²) in [5.41, 5.74) is 1.08. The van der Waals surface area contributed by atoms with Crippen molar-refractivity contribution in [1.29, 1.82) is 0 Å². The van der Waals surface area contributed by atoms with Gasteiger partial charge in [0, 0.05) is 34.3 Å². The maximum absolute atomic E-state index is 14.0. The molecule has 0 heterocycles. The zero-order chi connectivity index (χ0) is 49.1. The second-order valence-electron chi connectivity index (χ2n) is 20.1. The number of esters is 1. The van der Waals surface area contributed by atoms with Gasteiger partial charge in [0.15, 0.2) is 11.5 Å².